The fourth-order valence-corrected chi connectivity index (χ4v) is 1.00. The predicted octanol–water partition coefficient (Wildman–Crippen LogP) is -0.651. The molecule has 0 aliphatic rings. The number of esters is 1. The second-order valence-corrected chi connectivity index (χ2v) is 4.31. The van der Waals surface area contributed by atoms with E-state index in [0.29, 0.717) is 0 Å². The number of hydrogen-bond donors (Lipinski definition) is 0. The summed E-state index contributed by atoms with van der Waals surface area (Å²) in [5, 5.41) is 0. The quantitative estimate of drug-likeness (QED) is 0.267. The minimum atomic E-state index is -0.575. The Bertz CT molecular complexity index is 218. The normalized spacial score (nSPS) is 11.4. The summed E-state index contributed by atoms with van der Waals surface area (Å²) >= 11 is 0. The van der Waals surface area contributed by atoms with E-state index < -0.39 is 5.97 Å². The van der Waals surface area contributed by atoms with E-state index in [1.54, 1.807) is 6.92 Å². The average Bonchev–Trinajstić information content (AvgIpc) is 2.12. The zero-order valence-electron chi connectivity index (χ0n) is 9.12. The number of ether oxygens (including phenoxy) is 4. The van der Waals surface area contributed by atoms with Gasteiger partial charge in [0.1, 0.15) is 0 Å². The highest BCUT2D eigenvalue weighted by Gasteiger charge is 2.21. The lowest BCUT2D eigenvalue weighted by Gasteiger charge is -2.12. The number of carbonyl (C=O) groups excluding carboxylic acids is 1. The van der Waals surface area contributed by atoms with E-state index in [-0.39, 0.29) is 17.4 Å². The highest BCUT2D eigenvalue weighted by molar-refractivity contribution is 6.11. The molecule has 0 fully saturated rings. The molecule has 0 aromatic carbocycles. The van der Waals surface area contributed by atoms with Crippen molar-refractivity contribution in [3.8, 4) is 0 Å². The first-order valence-corrected chi connectivity index (χ1v) is 5.29. The molecule has 6 heteroatoms. The maximum atomic E-state index is 11.4. The van der Waals surface area contributed by atoms with Gasteiger partial charge in [-0.3, -0.25) is 0 Å². The Labute approximate surface area is 86.4 Å². The number of carbonyl (C=O) groups is 1. The monoisotopic (exact) mass is 220 g/mol. The predicted molar refractivity (Wildman–Crippen MR) is 53.5 cm³/mol. The maximum absolute atomic E-state index is 11.4. The molecule has 0 aromatic rings. The van der Waals surface area contributed by atoms with Crippen LogP contribution in [0.25, 0.3) is 0 Å². The van der Waals surface area contributed by atoms with Crippen molar-refractivity contribution in [1.82, 2.24) is 0 Å². The van der Waals surface area contributed by atoms with Gasteiger partial charge in [-0.25, -0.2) is 4.79 Å². The lowest BCUT2D eigenvalue weighted by Crippen LogP contribution is -2.19. The second-order valence-electron chi connectivity index (χ2n) is 2.68. The van der Waals surface area contributed by atoms with Gasteiger partial charge >= 0.3 is 11.9 Å². The van der Waals surface area contributed by atoms with E-state index in [9.17, 15) is 4.79 Å². The molecule has 0 rings (SSSR count). The standard InChI is InChI=1S/C8H16O5Si/c1-5(14)13-7(9)6(10-2)8(11-3)12-4/h5H,1-4,14H3. The molecule has 0 bridgehead atoms. The van der Waals surface area contributed by atoms with Crippen LogP contribution in [0.2, 0.25) is 0 Å². The van der Waals surface area contributed by atoms with Crippen molar-refractivity contribution in [2.45, 2.75) is 12.7 Å². The third-order valence-electron chi connectivity index (χ3n) is 1.29. The molecule has 1 atom stereocenters. The summed E-state index contributed by atoms with van der Waals surface area (Å²) in [5.74, 6) is -0.619. The van der Waals surface area contributed by atoms with Gasteiger partial charge in [0.25, 0.3) is 5.76 Å². The van der Waals surface area contributed by atoms with E-state index >= 15 is 0 Å². The molecule has 1 unspecified atom stereocenters. The van der Waals surface area contributed by atoms with Gasteiger partial charge in [0.05, 0.1) is 37.3 Å². The molecule has 0 heterocycles. The summed E-state index contributed by atoms with van der Waals surface area (Å²) in [5.41, 5.74) is -0.0809. The van der Waals surface area contributed by atoms with Crippen LogP contribution in [0, 0.1) is 0 Å². The lowest BCUT2D eigenvalue weighted by atomic mass is 10.5. The van der Waals surface area contributed by atoms with Gasteiger partial charge in [-0.15, -0.1) is 0 Å². The molecule has 0 amide bonds. The van der Waals surface area contributed by atoms with Crippen molar-refractivity contribution in [3.05, 3.63) is 11.7 Å². The highest BCUT2D eigenvalue weighted by Crippen LogP contribution is 2.09. The smallest absolute Gasteiger partial charge is 0.381 e. The third-order valence-corrected chi connectivity index (χ3v) is 1.52. The van der Waals surface area contributed by atoms with Crippen molar-refractivity contribution in [2.75, 3.05) is 21.3 Å². The molecular formula is C8H16O5Si. The summed E-state index contributed by atoms with van der Waals surface area (Å²) in [6.45, 7) is 1.80. The van der Waals surface area contributed by atoms with Crippen LogP contribution in [0.4, 0.5) is 0 Å². The van der Waals surface area contributed by atoms with Crippen molar-refractivity contribution in [1.29, 1.82) is 0 Å². The molecule has 0 saturated carbocycles. The van der Waals surface area contributed by atoms with Gasteiger partial charge in [0.2, 0.25) is 0 Å². The van der Waals surface area contributed by atoms with Crippen LogP contribution in [-0.4, -0.2) is 43.3 Å². The van der Waals surface area contributed by atoms with Gasteiger partial charge in [0, 0.05) is 0 Å². The van der Waals surface area contributed by atoms with Crippen LogP contribution in [0.1, 0.15) is 6.92 Å². The number of rotatable bonds is 5. The molecule has 82 valence electrons. The SMILES string of the molecule is COC(OC)=C(OC)C(=O)OC(C)[SiH3]. The Morgan fingerprint density at radius 1 is 1.14 bits per heavy atom. The Morgan fingerprint density at radius 2 is 1.64 bits per heavy atom. The maximum Gasteiger partial charge on any atom is 0.381 e. The summed E-state index contributed by atoms with van der Waals surface area (Å²) in [6, 6.07) is 0. The fourth-order valence-electron chi connectivity index (χ4n) is 0.786. The number of hydrogen-bond acceptors (Lipinski definition) is 5. The van der Waals surface area contributed by atoms with Gasteiger partial charge in [-0.05, 0) is 6.92 Å². The van der Waals surface area contributed by atoms with Gasteiger partial charge in [-0.2, -0.15) is 0 Å². The third kappa shape index (κ3) is 3.69. The van der Waals surface area contributed by atoms with E-state index in [0.717, 1.165) is 10.2 Å². The summed E-state index contributed by atoms with van der Waals surface area (Å²) in [7, 11) is 4.88. The molecule has 0 spiro atoms. The van der Waals surface area contributed by atoms with Gasteiger partial charge in [0.15, 0.2) is 0 Å². The second kappa shape index (κ2) is 6.31. The van der Waals surface area contributed by atoms with E-state index in [1.807, 2.05) is 0 Å². The minimum absolute atomic E-state index is 0.0137. The molecule has 0 aliphatic carbocycles. The van der Waals surface area contributed by atoms with E-state index in [2.05, 4.69) is 0 Å². The van der Waals surface area contributed by atoms with Gasteiger partial charge < -0.3 is 18.9 Å². The molecule has 0 radical (unpaired) electrons. The Balaban J connectivity index is 4.69. The van der Waals surface area contributed by atoms with E-state index in [1.165, 1.54) is 21.3 Å². The number of methoxy groups -OCH3 is 3. The Morgan fingerprint density at radius 3 is 1.93 bits per heavy atom. The van der Waals surface area contributed by atoms with Crippen LogP contribution in [-0.2, 0) is 23.7 Å². The lowest BCUT2D eigenvalue weighted by molar-refractivity contribution is -0.145. The van der Waals surface area contributed by atoms with Crippen LogP contribution in [0.15, 0.2) is 11.7 Å². The van der Waals surface area contributed by atoms with Crippen LogP contribution >= 0.6 is 0 Å². The zero-order valence-corrected chi connectivity index (χ0v) is 11.1. The van der Waals surface area contributed by atoms with Gasteiger partial charge in [-0.1, -0.05) is 0 Å². The van der Waals surface area contributed by atoms with E-state index in [4.69, 9.17) is 18.9 Å². The van der Waals surface area contributed by atoms with Crippen molar-refractivity contribution in [3.63, 3.8) is 0 Å². The van der Waals surface area contributed by atoms with Crippen LogP contribution in [0.3, 0.4) is 0 Å². The van der Waals surface area contributed by atoms with Crippen LogP contribution < -0.4 is 0 Å². The topological polar surface area (TPSA) is 54.0 Å². The highest BCUT2D eigenvalue weighted by atomic mass is 28.1. The minimum Gasteiger partial charge on any atom is -0.485 e. The summed E-state index contributed by atoms with van der Waals surface area (Å²) in [4.78, 5) is 11.4. The van der Waals surface area contributed by atoms with Crippen molar-refractivity contribution in [2.24, 2.45) is 0 Å². The Hall–Kier alpha value is -1.17. The molecule has 0 saturated heterocycles. The van der Waals surface area contributed by atoms with Crippen molar-refractivity contribution >= 4 is 16.2 Å². The molecule has 0 aromatic heterocycles. The summed E-state index contributed by atoms with van der Waals surface area (Å²) < 4.78 is 19.4. The Kier molecular flexibility index (Phi) is 5.78. The molecular weight excluding hydrogens is 204 g/mol. The first-order chi connectivity index (χ1) is 6.56. The van der Waals surface area contributed by atoms with Crippen LogP contribution in [0.5, 0.6) is 0 Å². The molecule has 14 heavy (non-hydrogen) atoms. The largest absolute Gasteiger partial charge is 0.485 e. The molecule has 5 nitrogen and oxygen atoms in total. The molecule has 0 N–H and O–H groups in total. The zero-order chi connectivity index (χ0) is 11.1. The molecule has 0 aliphatic heterocycles. The summed E-state index contributed by atoms with van der Waals surface area (Å²) in [6.07, 6.45) is 0. The first-order valence-electron chi connectivity index (χ1n) is 4.14. The average molecular weight is 220 g/mol. The van der Waals surface area contributed by atoms with Crippen molar-refractivity contribution < 1.29 is 23.7 Å². The first kappa shape index (κ1) is 12.8. The fraction of sp³-hybridized carbons (Fsp3) is 0.625.